The molecule has 1 rings (SSSR count). The monoisotopic (exact) mass is 349 g/mol. The Bertz CT molecular complexity index is 554. The Balaban J connectivity index is 2.53. The van der Waals surface area contributed by atoms with Gasteiger partial charge in [-0.15, -0.1) is 6.58 Å². The number of alkyl carbamates (subject to hydrolysis) is 1. The molecule has 0 radical (unpaired) electrons. The zero-order valence-corrected chi connectivity index (χ0v) is 15.9. The summed E-state index contributed by atoms with van der Waals surface area (Å²) in [4.78, 5) is 24.2. The number of benzene rings is 1. The van der Waals surface area contributed by atoms with Crippen molar-refractivity contribution in [3.8, 4) is 0 Å². The molecule has 0 bridgehead atoms. The number of ether oxygens (including phenoxy) is 1. The van der Waals surface area contributed by atoms with Crippen molar-refractivity contribution in [1.29, 1.82) is 0 Å². The van der Waals surface area contributed by atoms with Gasteiger partial charge in [-0.3, -0.25) is 4.79 Å². The van der Waals surface area contributed by atoms with Gasteiger partial charge in [0.2, 0.25) is 8.32 Å². The fourth-order valence-corrected chi connectivity index (χ4v) is 2.75. The molecule has 24 heavy (non-hydrogen) atoms. The molecular weight excluding hydrogens is 322 g/mol. The Morgan fingerprint density at radius 3 is 2.42 bits per heavy atom. The van der Waals surface area contributed by atoms with Crippen LogP contribution in [0.15, 0.2) is 43.0 Å². The minimum Gasteiger partial charge on any atom is -0.520 e. The second kappa shape index (κ2) is 9.27. The van der Waals surface area contributed by atoms with Gasteiger partial charge in [0.15, 0.2) is 0 Å². The van der Waals surface area contributed by atoms with Crippen molar-refractivity contribution in [3.63, 3.8) is 0 Å². The van der Waals surface area contributed by atoms with Crippen LogP contribution < -0.4 is 5.32 Å². The molecule has 0 aliphatic heterocycles. The summed E-state index contributed by atoms with van der Waals surface area (Å²) in [7, 11) is -1.98. The average Bonchev–Trinajstić information content (AvgIpc) is 2.52. The molecule has 0 aliphatic carbocycles. The van der Waals surface area contributed by atoms with Gasteiger partial charge in [0.05, 0.1) is 5.92 Å². The maximum absolute atomic E-state index is 12.3. The first kappa shape index (κ1) is 20.0. The topological polar surface area (TPSA) is 64.6 Å². The van der Waals surface area contributed by atoms with Crippen LogP contribution in [0.3, 0.4) is 0 Å². The van der Waals surface area contributed by atoms with E-state index >= 15 is 0 Å². The fourth-order valence-electron chi connectivity index (χ4n) is 1.99. The first-order valence-electron chi connectivity index (χ1n) is 8.03. The number of hydrogen-bond acceptors (Lipinski definition) is 4. The first-order valence-corrected chi connectivity index (χ1v) is 11.4. The van der Waals surface area contributed by atoms with E-state index in [4.69, 9.17) is 9.16 Å². The molecule has 0 saturated heterocycles. The third-order valence-electron chi connectivity index (χ3n) is 3.40. The van der Waals surface area contributed by atoms with Crippen LogP contribution in [0.25, 0.3) is 0 Å². The van der Waals surface area contributed by atoms with E-state index in [1.165, 1.54) is 0 Å². The highest BCUT2D eigenvalue weighted by atomic mass is 28.4. The van der Waals surface area contributed by atoms with Crippen LogP contribution >= 0.6 is 0 Å². The second-order valence-corrected chi connectivity index (χ2v) is 11.1. The van der Waals surface area contributed by atoms with E-state index in [9.17, 15) is 9.59 Å². The van der Waals surface area contributed by atoms with Crippen LogP contribution in [0.4, 0.5) is 4.79 Å². The molecule has 5 nitrogen and oxygen atoms in total. The van der Waals surface area contributed by atoms with Gasteiger partial charge in [0.1, 0.15) is 6.61 Å². The number of amides is 1. The summed E-state index contributed by atoms with van der Waals surface area (Å²) in [5.41, 5.74) is 0.904. The van der Waals surface area contributed by atoms with Crippen LogP contribution in [-0.4, -0.2) is 26.9 Å². The second-order valence-electron chi connectivity index (χ2n) is 6.68. The minimum atomic E-state index is -1.98. The zero-order valence-electron chi connectivity index (χ0n) is 14.9. The highest BCUT2D eigenvalue weighted by Gasteiger charge is 2.30. The summed E-state index contributed by atoms with van der Waals surface area (Å²) in [6.45, 7) is 11.8. The number of allylic oxidation sites excluding steroid dienone is 1. The molecule has 0 aromatic heterocycles. The molecule has 132 valence electrons. The standard InChI is InChI=1S/C18H27NO4Si/c1-6-14(2)16(17(20)23-24(3,4)5)12-19-18(21)22-13-15-10-8-7-9-11-15/h6-11,14,16H,1,12-13H2,2-5H3,(H,19,21). The van der Waals surface area contributed by atoms with Crippen molar-refractivity contribution < 1.29 is 18.8 Å². The highest BCUT2D eigenvalue weighted by Crippen LogP contribution is 2.17. The van der Waals surface area contributed by atoms with Crippen LogP contribution in [0.5, 0.6) is 0 Å². The molecule has 0 heterocycles. The number of rotatable bonds is 8. The molecule has 6 heteroatoms. The van der Waals surface area contributed by atoms with Crippen LogP contribution in [0, 0.1) is 11.8 Å². The number of carbonyl (C=O) groups is 2. The molecule has 1 amide bonds. The van der Waals surface area contributed by atoms with E-state index in [-0.39, 0.29) is 25.0 Å². The van der Waals surface area contributed by atoms with Crippen LogP contribution in [-0.2, 0) is 20.6 Å². The molecule has 1 N–H and O–H groups in total. The number of nitrogens with one attached hydrogen (secondary N) is 1. The quantitative estimate of drug-likeness (QED) is 0.574. The van der Waals surface area contributed by atoms with Gasteiger partial charge in [0.25, 0.3) is 5.97 Å². The van der Waals surface area contributed by atoms with E-state index in [1.807, 2.05) is 56.9 Å². The summed E-state index contributed by atoms with van der Waals surface area (Å²) in [6, 6.07) is 9.41. The first-order chi connectivity index (χ1) is 11.2. The van der Waals surface area contributed by atoms with Gasteiger partial charge >= 0.3 is 6.09 Å². The lowest BCUT2D eigenvalue weighted by molar-refractivity contribution is -0.140. The summed E-state index contributed by atoms with van der Waals surface area (Å²) >= 11 is 0. The smallest absolute Gasteiger partial charge is 0.407 e. The van der Waals surface area contributed by atoms with Crippen molar-refractivity contribution in [2.24, 2.45) is 11.8 Å². The molecule has 0 aliphatic rings. The Morgan fingerprint density at radius 2 is 1.88 bits per heavy atom. The zero-order chi connectivity index (χ0) is 18.2. The average molecular weight is 350 g/mol. The van der Waals surface area contributed by atoms with E-state index in [0.29, 0.717) is 0 Å². The van der Waals surface area contributed by atoms with E-state index < -0.39 is 20.3 Å². The Morgan fingerprint density at radius 1 is 1.25 bits per heavy atom. The SMILES string of the molecule is C=CC(C)C(CNC(=O)OCc1ccccc1)C(=O)O[Si](C)(C)C. The predicted octanol–water partition coefficient (Wildman–Crippen LogP) is 3.73. The summed E-state index contributed by atoms with van der Waals surface area (Å²) < 4.78 is 10.7. The molecule has 1 aromatic carbocycles. The third kappa shape index (κ3) is 7.46. The van der Waals surface area contributed by atoms with E-state index in [0.717, 1.165) is 5.56 Å². The molecule has 0 saturated carbocycles. The van der Waals surface area contributed by atoms with Crippen molar-refractivity contribution >= 4 is 20.4 Å². The predicted molar refractivity (Wildman–Crippen MR) is 96.9 cm³/mol. The number of hydrogen-bond donors (Lipinski definition) is 1. The van der Waals surface area contributed by atoms with Crippen molar-refractivity contribution in [2.45, 2.75) is 33.2 Å². The van der Waals surface area contributed by atoms with Crippen molar-refractivity contribution in [2.75, 3.05) is 6.54 Å². The Hall–Kier alpha value is -2.08. The molecule has 2 unspecified atom stereocenters. The third-order valence-corrected chi connectivity index (χ3v) is 4.21. The van der Waals surface area contributed by atoms with Crippen LogP contribution in [0.2, 0.25) is 19.6 Å². The van der Waals surface area contributed by atoms with E-state index in [1.54, 1.807) is 6.08 Å². The van der Waals surface area contributed by atoms with Gasteiger partial charge in [0, 0.05) is 6.54 Å². The maximum atomic E-state index is 12.3. The molecule has 0 spiro atoms. The Labute approximate surface area is 145 Å². The lowest BCUT2D eigenvalue weighted by atomic mass is 9.94. The lowest BCUT2D eigenvalue weighted by Crippen LogP contribution is -2.40. The van der Waals surface area contributed by atoms with Gasteiger partial charge in [-0.05, 0) is 31.1 Å². The van der Waals surface area contributed by atoms with E-state index in [2.05, 4.69) is 11.9 Å². The maximum Gasteiger partial charge on any atom is 0.407 e. The largest absolute Gasteiger partial charge is 0.520 e. The lowest BCUT2D eigenvalue weighted by Gasteiger charge is -2.25. The van der Waals surface area contributed by atoms with Crippen molar-refractivity contribution in [3.05, 3.63) is 48.6 Å². The number of carbonyl (C=O) groups excluding carboxylic acids is 2. The normalized spacial score (nSPS) is 13.5. The van der Waals surface area contributed by atoms with Gasteiger partial charge in [-0.2, -0.15) is 0 Å². The molecule has 2 atom stereocenters. The minimum absolute atomic E-state index is 0.108. The van der Waals surface area contributed by atoms with Gasteiger partial charge in [-0.1, -0.05) is 43.3 Å². The molecular formula is C18H27NO4Si. The summed E-state index contributed by atoms with van der Waals surface area (Å²) in [5.74, 6) is -0.883. The molecule has 0 fully saturated rings. The Kier molecular flexibility index (Phi) is 7.71. The fraction of sp³-hybridized carbons (Fsp3) is 0.444. The molecule has 1 aromatic rings. The van der Waals surface area contributed by atoms with Gasteiger partial charge in [-0.25, -0.2) is 4.79 Å². The van der Waals surface area contributed by atoms with Crippen LogP contribution in [0.1, 0.15) is 12.5 Å². The van der Waals surface area contributed by atoms with Gasteiger partial charge < -0.3 is 14.5 Å². The highest BCUT2D eigenvalue weighted by molar-refractivity contribution is 6.71. The summed E-state index contributed by atoms with van der Waals surface area (Å²) in [6.07, 6.45) is 1.13. The summed E-state index contributed by atoms with van der Waals surface area (Å²) in [5, 5.41) is 2.64. The van der Waals surface area contributed by atoms with Crippen molar-refractivity contribution in [1.82, 2.24) is 5.32 Å².